The van der Waals surface area contributed by atoms with Crippen molar-refractivity contribution in [2.75, 3.05) is 6.61 Å². The topological polar surface area (TPSA) is 67.2 Å². The van der Waals surface area contributed by atoms with Gasteiger partial charge in [-0.05, 0) is 73.9 Å². The van der Waals surface area contributed by atoms with Gasteiger partial charge in [0.25, 0.3) is 5.91 Å². The van der Waals surface area contributed by atoms with E-state index in [1.54, 1.807) is 12.1 Å². The van der Waals surface area contributed by atoms with Gasteiger partial charge in [-0.3, -0.25) is 4.79 Å². The molecule has 5 nitrogen and oxygen atoms in total. The fraction of sp³-hybridized carbons (Fsp3) is 0.429. The Morgan fingerprint density at radius 3 is 2.61 bits per heavy atom. The summed E-state index contributed by atoms with van der Waals surface area (Å²) in [6, 6.07) is 12.9. The number of rotatable bonds is 8. The lowest BCUT2D eigenvalue weighted by Gasteiger charge is -2.20. The zero-order valence-electron chi connectivity index (χ0n) is 20.6. The van der Waals surface area contributed by atoms with E-state index in [9.17, 15) is 9.90 Å². The predicted molar refractivity (Wildman–Crippen MR) is 147 cm³/mol. The Hall–Kier alpha value is -2.05. The van der Waals surface area contributed by atoms with Gasteiger partial charge in [0.1, 0.15) is 0 Å². The fourth-order valence-electron chi connectivity index (χ4n) is 4.95. The highest BCUT2D eigenvalue weighted by molar-refractivity contribution is 6.35. The zero-order valence-corrected chi connectivity index (χ0v) is 22.9. The molecule has 192 valence electrons. The molecule has 3 aromatic rings. The molecular formula is C28H32Cl3N3O2. The van der Waals surface area contributed by atoms with Gasteiger partial charge in [-0.1, -0.05) is 67.2 Å². The molecule has 0 saturated carbocycles. The number of halogens is 3. The molecule has 1 aromatic heterocycles. The zero-order chi connectivity index (χ0) is 25.8. The molecule has 0 bridgehead atoms. The smallest absolute Gasteiger partial charge is 0.272 e. The number of aromatic nitrogens is 2. The second-order valence-corrected chi connectivity index (χ2v) is 11.1. The molecule has 1 aliphatic rings. The number of hydrogen-bond donors (Lipinski definition) is 2. The average molecular weight is 549 g/mol. The third-order valence-electron chi connectivity index (χ3n) is 6.98. The van der Waals surface area contributed by atoms with Crippen molar-refractivity contribution in [1.82, 2.24) is 15.1 Å². The van der Waals surface area contributed by atoms with Crippen LogP contribution in [0.4, 0.5) is 0 Å². The quantitative estimate of drug-likeness (QED) is 0.297. The first-order chi connectivity index (χ1) is 17.3. The van der Waals surface area contributed by atoms with Crippen molar-refractivity contribution in [2.45, 2.75) is 64.3 Å². The summed E-state index contributed by atoms with van der Waals surface area (Å²) in [7, 11) is 0. The third-order valence-corrected chi connectivity index (χ3v) is 7.75. The second-order valence-electron chi connectivity index (χ2n) is 9.84. The highest BCUT2D eigenvalue weighted by Gasteiger charge is 2.31. The van der Waals surface area contributed by atoms with Gasteiger partial charge >= 0.3 is 0 Å². The molecule has 2 atom stereocenters. The molecule has 2 aromatic carbocycles. The van der Waals surface area contributed by atoms with Crippen LogP contribution in [0.2, 0.25) is 15.1 Å². The van der Waals surface area contributed by atoms with Crippen molar-refractivity contribution < 1.29 is 9.90 Å². The number of carbonyl (C=O) groups is 1. The minimum Gasteiger partial charge on any atom is -0.394 e. The molecule has 0 unspecified atom stereocenters. The van der Waals surface area contributed by atoms with Gasteiger partial charge < -0.3 is 10.4 Å². The fourth-order valence-corrected chi connectivity index (χ4v) is 5.65. The summed E-state index contributed by atoms with van der Waals surface area (Å²) < 4.78 is 1.85. The maximum Gasteiger partial charge on any atom is 0.272 e. The van der Waals surface area contributed by atoms with Crippen LogP contribution >= 0.6 is 34.8 Å². The van der Waals surface area contributed by atoms with Crippen molar-refractivity contribution in [2.24, 2.45) is 5.92 Å². The molecule has 0 spiro atoms. The van der Waals surface area contributed by atoms with Gasteiger partial charge in [0.15, 0.2) is 5.69 Å². The summed E-state index contributed by atoms with van der Waals surface area (Å²) in [6.07, 6.45) is 5.57. The van der Waals surface area contributed by atoms with Gasteiger partial charge in [-0.15, -0.1) is 0 Å². The number of fused-ring (bicyclic) bond motifs is 1. The summed E-state index contributed by atoms with van der Waals surface area (Å²) in [4.78, 5) is 13.4. The summed E-state index contributed by atoms with van der Waals surface area (Å²) in [5.74, 6) is 0.0233. The van der Waals surface area contributed by atoms with E-state index in [0.29, 0.717) is 21.4 Å². The van der Waals surface area contributed by atoms with Crippen molar-refractivity contribution in [3.8, 4) is 5.69 Å². The number of benzene rings is 2. The normalized spacial score (nSPS) is 16.5. The Labute approximate surface area is 227 Å². The van der Waals surface area contributed by atoms with Crippen molar-refractivity contribution in [1.29, 1.82) is 0 Å². The standard InChI is InChI=1S/C28H32Cl3N3O2/c1-17(2)24(16-35)32-28(36)26-22-9-4-3-7-19(11-10-18-6-5-8-20(29)14-18)27(22)34(33-26)25-13-12-21(30)15-23(25)31/h5-6,8,12-15,17,19,24,35H,3-4,7,9-11,16H2,1-2H3,(H,32,36)/t19-,24-/m1/s1. The van der Waals surface area contributed by atoms with Crippen molar-refractivity contribution in [3.63, 3.8) is 0 Å². The van der Waals surface area contributed by atoms with Crippen LogP contribution in [0.25, 0.3) is 5.69 Å². The molecule has 4 rings (SSSR count). The lowest BCUT2D eigenvalue weighted by Crippen LogP contribution is -2.41. The number of carbonyl (C=O) groups excluding carboxylic acids is 1. The van der Waals surface area contributed by atoms with Crippen molar-refractivity contribution in [3.05, 3.63) is 80.0 Å². The molecule has 36 heavy (non-hydrogen) atoms. The molecule has 0 aliphatic heterocycles. The van der Waals surface area contributed by atoms with Crippen LogP contribution in [0.5, 0.6) is 0 Å². The Kier molecular flexibility index (Phi) is 9.00. The molecule has 0 fully saturated rings. The minimum absolute atomic E-state index is 0.0933. The van der Waals surface area contributed by atoms with Gasteiger partial charge in [0, 0.05) is 21.5 Å². The van der Waals surface area contributed by atoms with E-state index in [-0.39, 0.29) is 30.4 Å². The molecule has 2 N–H and O–H groups in total. The van der Waals surface area contributed by atoms with Gasteiger partial charge in [0.05, 0.1) is 29.1 Å². The average Bonchev–Trinajstić information content (AvgIpc) is 3.08. The third kappa shape index (κ3) is 6.08. The number of aryl methyl sites for hydroxylation is 1. The molecule has 0 radical (unpaired) electrons. The van der Waals surface area contributed by atoms with Crippen LogP contribution in [0, 0.1) is 5.92 Å². The SMILES string of the molecule is CC(C)[C@@H](CO)NC(=O)c1nn(-c2ccc(Cl)cc2Cl)c2c1CCCC[C@@H]2CCc1cccc(Cl)c1. The van der Waals surface area contributed by atoms with E-state index in [2.05, 4.69) is 11.4 Å². The Morgan fingerprint density at radius 2 is 1.92 bits per heavy atom. The molecule has 1 aliphatic carbocycles. The van der Waals surface area contributed by atoms with Gasteiger partial charge in [-0.2, -0.15) is 5.10 Å². The Balaban J connectivity index is 1.77. The first kappa shape index (κ1) is 27.0. The monoisotopic (exact) mass is 547 g/mol. The highest BCUT2D eigenvalue weighted by atomic mass is 35.5. The van der Waals surface area contributed by atoms with Gasteiger partial charge in [0.2, 0.25) is 0 Å². The first-order valence-electron chi connectivity index (χ1n) is 12.5. The van der Waals surface area contributed by atoms with E-state index < -0.39 is 0 Å². The first-order valence-corrected chi connectivity index (χ1v) is 13.6. The van der Waals surface area contributed by atoms with E-state index >= 15 is 0 Å². The highest BCUT2D eigenvalue weighted by Crippen LogP contribution is 2.38. The summed E-state index contributed by atoms with van der Waals surface area (Å²) in [5.41, 5.74) is 4.30. The Morgan fingerprint density at radius 1 is 1.14 bits per heavy atom. The minimum atomic E-state index is -0.346. The van der Waals surface area contributed by atoms with Crippen molar-refractivity contribution >= 4 is 40.7 Å². The number of amides is 1. The molecule has 1 amide bonds. The van der Waals surface area contributed by atoms with Crippen LogP contribution in [-0.2, 0) is 12.8 Å². The number of aliphatic hydroxyl groups is 1. The molecule has 8 heteroatoms. The lowest BCUT2D eigenvalue weighted by atomic mass is 9.91. The van der Waals surface area contributed by atoms with Gasteiger partial charge in [-0.25, -0.2) is 4.68 Å². The van der Waals surface area contributed by atoms with E-state index in [1.165, 1.54) is 5.56 Å². The summed E-state index contributed by atoms with van der Waals surface area (Å²) in [6.45, 7) is 3.82. The predicted octanol–water partition coefficient (Wildman–Crippen LogP) is 7.02. The number of nitrogens with zero attached hydrogens (tertiary/aromatic N) is 2. The second kappa shape index (κ2) is 12.0. The lowest BCUT2D eigenvalue weighted by molar-refractivity contribution is 0.0890. The van der Waals surface area contributed by atoms with E-state index in [4.69, 9.17) is 39.9 Å². The van der Waals surface area contributed by atoms with E-state index in [0.717, 1.165) is 54.8 Å². The largest absolute Gasteiger partial charge is 0.394 e. The molecule has 1 heterocycles. The number of hydrogen-bond acceptors (Lipinski definition) is 3. The number of nitrogens with one attached hydrogen (secondary N) is 1. The summed E-state index contributed by atoms with van der Waals surface area (Å²) in [5, 5.41) is 19.4. The van der Waals surface area contributed by atoms with E-state index in [1.807, 2.05) is 42.8 Å². The Bertz CT molecular complexity index is 1220. The van der Waals surface area contributed by atoms with Crippen LogP contribution in [0.15, 0.2) is 42.5 Å². The van der Waals surface area contributed by atoms with Crippen LogP contribution < -0.4 is 5.32 Å². The molecular weight excluding hydrogens is 517 g/mol. The maximum atomic E-state index is 13.4. The van der Waals surface area contributed by atoms with Crippen LogP contribution in [0.3, 0.4) is 0 Å². The molecule has 0 saturated heterocycles. The van der Waals surface area contributed by atoms with Crippen LogP contribution in [-0.4, -0.2) is 33.4 Å². The number of aliphatic hydroxyl groups excluding tert-OH is 1. The van der Waals surface area contributed by atoms with Crippen LogP contribution in [0.1, 0.15) is 72.8 Å². The maximum absolute atomic E-state index is 13.4. The summed E-state index contributed by atoms with van der Waals surface area (Å²) >= 11 is 19.0.